The highest BCUT2D eigenvalue weighted by Gasteiger charge is 2.16. The number of rotatable bonds is 3. The molecule has 0 saturated heterocycles. The van der Waals surface area contributed by atoms with E-state index in [2.05, 4.69) is 12.2 Å². The molecule has 0 heterocycles. The number of benzene rings is 1. The lowest BCUT2D eigenvalue weighted by molar-refractivity contribution is 0.566. The predicted molar refractivity (Wildman–Crippen MR) is 73.6 cm³/mol. The molecule has 0 N–H and O–H groups in total. The quantitative estimate of drug-likeness (QED) is 0.395. The zero-order chi connectivity index (χ0) is 13.1. The van der Waals surface area contributed by atoms with Crippen molar-refractivity contribution in [3.05, 3.63) is 51.5 Å². The fourth-order valence-electron chi connectivity index (χ4n) is 1.61. The maximum Gasteiger partial charge on any atom is 0.146 e. The van der Waals surface area contributed by atoms with Gasteiger partial charge >= 0.3 is 0 Å². The monoisotopic (exact) mass is 306 g/mol. The van der Waals surface area contributed by atoms with Gasteiger partial charge in [-0.15, -0.1) is 11.8 Å². The summed E-state index contributed by atoms with van der Waals surface area (Å²) in [5.41, 5.74) is 1.11. The van der Waals surface area contributed by atoms with Crippen LogP contribution in [0.3, 0.4) is 0 Å². The van der Waals surface area contributed by atoms with Crippen LogP contribution >= 0.6 is 35.0 Å². The lowest BCUT2D eigenvalue weighted by Gasteiger charge is -2.10. The van der Waals surface area contributed by atoms with Gasteiger partial charge in [0.05, 0.1) is 14.9 Å². The van der Waals surface area contributed by atoms with Crippen LogP contribution in [0.2, 0.25) is 10.0 Å². The summed E-state index contributed by atoms with van der Waals surface area (Å²) in [6.07, 6.45) is 8.21. The molecule has 0 aliphatic heterocycles. The molecule has 5 heteroatoms. The van der Waals surface area contributed by atoms with Crippen molar-refractivity contribution in [2.24, 2.45) is 0 Å². The molecule has 0 spiro atoms. The van der Waals surface area contributed by atoms with Gasteiger partial charge in [-0.05, 0) is 18.4 Å². The zero-order valence-electron chi connectivity index (χ0n) is 9.35. The first kappa shape index (κ1) is 13.9. The van der Waals surface area contributed by atoms with Gasteiger partial charge in [0, 0.05) is 11.8 Å². The van der Waals surface area contributed by atoms with Crippen LogP contribution in [-0.2, 0) is 0 Å². The second-order valence-electron chi connectivity index (χ2n) is 3.84. The molecule has 1 aromatic carbocycles. The maximum atomic E-state index is 13.6. The molecule has 2 rings (SSSR count). The summed E-state index contributed by atoms with van der Waals surface area (Å²) in [6.45, 7) is 0. The second kappa shape index (κ2) is 6.09. The van der Waals surface area contributed by atoms with Gasteiger partial charge in [0.2, 0.25) is 0 Å². The lowest BCUT2D eigenvalue weighted by atomic mass is 10.1. The van der Waals surface area contributed by atoms with Crippen LogP contribution in [-0.4, -0.2) is 5.75 Å². The molecule has 0 atom stereocenters. The van der Waals surface area contributed by atoms with E-state index in [1.54, 1.807) is 0 Å². The summed E-state index contributed by atoms with van der Waals surface area (Å²) >= 11 is 12.7. The largest absolute Gasteiger partial charge is 0.206 e. The van der Waals surface area contributed by atoms with Gasteiger partial charge in [0.15, 0.2) is 0 Å². The highest BCUT2D eigenvalue weighted by Crippen LogP contribution is 2.38. The number of thioether (sulfide) groups is 1. The molecular formula is C13H10Cl2F2S. The summed E-state index contributed by atoms with van der Waals surface area (Å²) in [6, 6.07) is 0.766. The van der Waals surface area contributed by atoms with Crippen LogP contribution in [0, 0.1) is 11.6 Å². The van der Waals surface area contributed by atoms with Crippen LogP contribution in [0.1, 0.15) is 12.8 Å². The highest BCUT2D eigenvalue weighted by atomic mass is 35.5. The topological polar surface area (TPSA) is 0 Å². The van der Waals surface area contributed by atoms with Crippen LogP contribution < -0.4 is 0 Å². The molecule has 1 aliphatic rings. The lowest BCUT2D eigenvalue weighted by Crippen LogP contribution is -1.93. The predicted octanol–water partition coefficient (Wildman–Crippen LogP) is 5.64. The first-order valence-electron chi connectivity index (χ1n) is 5.41. The van der Waals surface area contributed by atoms with Crippen molar-refractivity contribution < 1.29 is 8.78 Å². The van der Waals surface area contributed by atoms with E-state index in [4.69, 9.17) is 23.2 Å². The van der Waals surface area contributed by atoms with Gasteiger partial charge < -0.3 is 0 Å². The van der Waals surface area contributed by atoms with Crippen molar-refractivity contribution in [3.8, 4) is 0 Å². The average Bonchev–Trinajstić information content (AvgIpc) is 2.37. The Balaban J connectivity index is 2.17. The third kappa shape index (κ3) is 3.08. The molecule has 96 valence electrons. The molecule has 1 aromatic rings. The SMILES string of the molecule is Fc1cc(F)c(SCC2=CCCC=C2)c(Cl)c1Cl. The van der Waals surface area contributed by atoms with E-state index in [1.165, 1.54) is 11.8 Å². The van der Waals surface area contributed by atoms with Crippen molar-refractivity contribution in [3.63, 3.8) is 0 Å². The van der Waals surface area contributed by atoms with E-state index in [1.807, 2.05) is 6.08 Å². The normalized spacial score (nSPS) is 14.8. The Kier molecular flexibility index (Phi) is 4.71. The minimum absolute atomic E-state index is 0.0560. The molecule has 0 bridgehead atoms. The average molecular weight is 307 g/mol. The first-order valence-corrected chi connectivity index (χ1v) is 7.15. The number of allylic oxidation sites excluding steroid dienone is 3. The first-order chi connectivity index (χ1) is 8.59. The Morgan fingerprint density at radius 3 is 2.56 bits per heavy atom. The number of hydrogen-bond acceptors (Lipinski definition) is 1. The van der Waals surface area contributed by atoms with Crippen molar-refractivity contribution in [2.45, 2.75) is 17.7 Å². The van der Waals surface area contributed by atoms with Crippen molar-refractivity contribution in [1.82, 2.24) is 0 Å². The molecular weight excluding hydrogens is 297 g/mol. The Morgan fingerprint density at radius 2 is 1.89 bits per heavy atom. The van der Waals surface area contributed by atoms with E-state index in [-0.39, 0.29) is 14.9 Å². The van der Waals surface area contributed by atoms with Crippen LogP contribution in [0.4, 0.5) is 8.78 Å². The maximum absolute atomic E-state index is 13.6. The minimum Gasteiger partial charge on any atom is -0.206 e. The molecule has 0 saturated carbocycles. The van der Waals surface area contributed by atoms with Crippen LogP contribution in [0.25, 0.3) is 0 Å². The van der Waals surface area contributed by atoms with Gasteiger partial charge in [0.25, 0.3) is 0 Å². The fourth-order valence-corrected chi connectivity index (χ4v) is 3.11. The third-order valence-electron chi connectivity index (χ3n) is 2.53. The Hall–Kier alpha value is -0.510. The van der Waals surface area contributed by atoms with Gasteiger partial charge in [0.1, 0.15) is 11.6 Å². The molecule has 1 aliphatic carbocycles. The molecule has 0 fully saturated rings. The van der Waals surface area contributed by atoms with E-state index in [9.17, 15) is 8.78 Å². The van der Waals surface area contributed by atoms with E-state index < -0.39 is 11.6 Å². The molecule has 0 aromatic heterocycles. The molecule has 18 heavy (non-hydrogen) atoms. The van der Waals surface area contributed by atoms with E-state index in [0.29, 0.717) is 5.75 Å². The summed E-state index contributed by atoms with van der Waals surface area (Å²) in [5, 5.41) is -0.284. The van der Waals surface area contributed by atoms with Crippen LogP contribution in [0.5, 0.6) is 0 Å². The van der Waals surface area contributed by atoms with Crippen molar-refractivity contribution in [1.29, 1.82) is 0 Å². The fraction of sp³-hybridized carbons (Fsp3) is 0.231. The van der Waals surface area contributed by atoms with Gasteiger partial charge in [-0.25, -0.2) is 8.78 Å². The van der Waals surface area contributed by atoms with Crippen molar-refractivity contribution >= 4 is 35.0 Å². The van der Waals surface area contributed by atoms with Gasteiger partial charge in [-0.1, -0.05) is 41.4 Å². The summed E-state index contributed by atoms with van der Waals surface area (Å²) in [5.74, 6) is -0.915. The van der Waals surface area contributed by atoms with E-state index in [0.717, 1.165) is 24.5 Å². The molecule has 0 amide bonds. The summed E-state index contributed by atoms with van der Waals surface area (Å²) in [7, 11) is 0. The standard InChI is InChI=1S/C13H10Cl2F2S/c14-11-9(16)6-10(17)13(12(11)15)18-7-8-4-2-1-3-5-8/h2,4-6H,1,3,7H2. The smallest absolute Gasteiger partial charge is 0.146 e. The highest BCUT2D eigenvalue weighted by molar-refractivity contribution is 7.99. The minimum atomic E-state index is -0.833. The Bertz CT molecular complexity index is 524. The van der Waals surface area contributed by atoms with E-state index >= 15 is 0 Å². The van der Waals surface area contributed by atoms with Gasteiger partial charge in [-0.3, -0.25) is 0 Å². The second-order valence-corrected chi connectivity index (χ2v) is 5.59. The molecule has 0 unspecified atom stereocenters. The molecule has 0 nitrogen and oxygen atoms in total. The number of halogens is 4. The number of hydrogen-bond donors (Lipinski definition) is 0. The van der Waals surface area contributed by atoms with Crippen LogP contribution in [0.15, 0.2) is 34.8 Å². The third-order valence-corrected chi connectivity index (χ3v) is 4.65. The zero-order valence-corrected chi connectivity index (χ0v) is 11.7. The Labute approximate surface area is 119 Å². The summed E-state index contributed by atoms with van der Waals surface area (Å²) < 4.78 is 26.7. The van der Waals surface area contributed by atoms with Gasteiger partial charge in [-0.2, -0.15) is 0 Å². The Morgan fingerprint density at radius 1 is 1.11 bits per heavy atom. The summed E-state index contributed by atoms with van der Waals surface area (Å²) in [4.78, 5) is 0.197. The van der Waals surface area contributed by atoms with Crippen molar-refractivity contribution in [2.75, 3.05) is 5.75 Å². The molecule has 0 radical (unpaired) electrons.